The molecule has 0 saturated heterocycles. The summed E-state index contributed by atoms with van der Waals surface area (Å²) in [4.78, 5) is 23.3. The van der Waals surface area contributed by atoms with E-state index in [0.29, 0.717) is 17.7 Å². The minimum atomic E-state index is -0.373. The number of hydrogen-bond donors (Lipinski definition) is 0. The highest BCUT2D eigenvalue weighted by molar-refractivity contribution is 6.01. The van der Waals surface area contributed by atoms with Crippen molar-refractivity contribution in [1.82, 2.24) is 0 Å². The SMILES string of the molecule is CC.CC(=O)Oc1ccc2c(c1)C(=O)CC2CC1=CC=CCC=C1. The van der Waals surface area contributed by atoms with Gasteiger partial charge < -0.3 is 4.74 Å². The number of carbonyl (C=O) groups is 2. The normalized spacial score (nSPS) is 18.2. The van der Waals surface area contributed by atoms with Crippen LogP contribution in [0.1, 0.15) is 61.9 Å². The number of allylic oxidation sites excluding steroid dienone is 6. The minimum absolute atomic E-state index is 0.128. The van der Waals surface area contributed by atoms with Crippen LogP contribution in [0, 0.1) is 0 Å². The molecule has 0 radical (unpaired) electrons. The van der Waals surface area contributed by atoms with Crippen molar-refractivity contribution in [2.45, 2.75) is 46.0 Å². The van der Waals surface area contributed by atoms with Crippen LogP contribution >= 0.6 is 0 Å². The first-order valence-electron chi connectivity index (χ1n) is 8.51. The Kier molecular flexibility index (Phi) is 6.30. The van der Waals surface area contributed by atoms with Gasteiger partial charge in [-0.05, 0) is 42.0 Å². The van der Waals surface area contributed by atoms with Gasteiger partial charge in [0.2, 0.25) is 0 Å². The molecule has 126 valence electrons. The van der Waals surface area contributed by atoms with Crippen molar-refractivity contribution >= 4 is 11.8 Å². The Morgan fingerprint density at radius 1 is 1.25 bits per heavy atom. The van der Waals surface area contributed by atoms with Crippen LogP contribution in [0.5, 0.6) is 5.75 Å². The van der Waals surface area contributed by atoms with Gasteiger partial charge in [-0.1, -0.05) is 50.3 Å². The molecular formula is C21H24O3. The van der Waals surface area contributed by atoms with Crippen LogP contribution in [-0.4, -0.2) is 11.8 Å². The van der Waals surface area contributed by atoms with Crippen molar-refractivity contribution in [3.8, 4) is 5.75 Å². The maximum absolute atomic E-state index is 12.2. The van der Waals surface area contributed by atoms with E-state index in [1.165, 1.54) is 12.5 Å². The average molecular weight is 324 g/mol. The number of rotatable bonds is 3. The number of carbonyl (C=O) groups excluding carboxylic acids is 2. The molecule has 1 unspecified atom stereocenters. The summed E-state index contributed by atoms with van der Waals surface area (Å²) in [5.74, 6) is 0.401. The Balaban J connectivity index is 0.00000100. The molecule has 1 aromatic carbocycles. The molecule has 2 aliphatic rings. The van der Waals surface area contributed by atoms with E-state index in [4.69, 9.17) is 4.74 Å². The second kappa shape index (κ2) is 8.44. The van der Waals surface area contributed by atoms with Gasteiger partial charge in [-0.2, -0.15) is 0 Å². The molecule has 3 rings (SSSR count). The Morgan fingerprint density at radius 2 is 2.04 bits per heavy atom. The lowest BCUT2D eigenvalue weighted by Gasteiger charge is -2.12. The summed E-state index contributed by atoms with van der Waals surface area (Å²) in [5.41, 5.74) is 2.99. The third kappa shape index (κ3) is 4.31. The fourth-order valence-electron chi connectivity index (χ4n) is 3.03. The molecule has 0 fully saturated rings. The number of hydrogen-bond acceptors (Lipinski definition) is 3. The fourth-order valence-corrected chi connectivity index (χ4v) is 3.03. The van der Waals surface area contributed by atoms with E-state index in [0.717, 1.165) is 18.4 Å². The van der Waals surface area contributed by atoms with Crippen molar-refractivity contribution in [3.63, 3.8) is 0 Å². The molecule has 0 aromatic heterocycles. The molecule has 3 nitrogen and oxygen atoms in total. The van der Waals surface area contributed by atoms with E-state index in [9.17, 15) is 9.59 Å². The van der Waals surface area contributed by atoms with Crippen molar-refractivity contribution < 1.29 is 14.3 Å². The number of esters is 1. The summed E-state index contributed by atoms with van der Waals surface area (Å²) in [6.07, 6.45) is 12.9. The average Bonchev–Trinajstić information content (AvgIpc) is 2.74. The van der Waals surface area contributed by atoms with E-state index in [2.05, 4.69) is 30.4 Å². The zero-order valence-electron chi connectivity index (χ0n) is 14.5. The van der Waals surface area contributed by atoms with Crippen LogP contribution in [-0.2, 0) is 4.79 Å². The number of Topliss-reactive ketones (excluding diaryl/α,β-unsaturated/α-hetero) is 1. The van der Waals surface area contributed by atoms with E-state index in [1.807, 2.05) is 19.9 Å². The molecule has 2 aliphatic carbocycles. The Labute approximate surface area is 143 Å². The largest absolute Gasteiger partial charge is 0.427 e. The Hall–Kier alpha value is -2.42. The highest BCUT2D eigenvalue weighted by Gasteiger charge is 2.30. The first kappa shape index (κ1) is 17.9. The second-order valence-electron chi connectivity index (χ2n) is 5.68. The first-order valence-corrected chi connectivity index (χ1v) is 8.51. The molecule has 1 atom stereocenters. The minimum Gasteiger partial charge on any atom is -0.427 e. The van der Waals surface area contributed by atoms with Crippen LogP contribution in [0.2, 0.25) is 0 Å². The van der Waals surface area contributed by atoms with Gasteiger partial charge in [-0.25, -0.2) is 0 Å². The van der Waals surface area contributed by atoms with Gasteiger partial charge >= 0.3 is 5.97 Å². The van der Waals surface area contributed by atoms with Gasteiger partial charge in [0, 0.05) is 18.9 Å². The third-order valence-corrected chi connectivity index (χ3v) is 3.99. The molecule has 0 bridgehead atoms. The second-order valence-corrected chi connectivity index (χ2v) is 5.68. The van der Waals surface area contributed by atoms with Crippen molar-refractivity contribution in [3.05, 3.63) is 65.3 Å². The number of ether oxygens (including phenoxy) is 1. The molecule has 24 heavy (non-hydrogen) atoms. The highest BCUT2D eigenvalue weighted by atomic mass is 16.5. The van der Waals surface area contributed by atoms with Crippen LogP contribution in [0.3, 0.4) is 0 Å². The molecule has 0 amide bonds. The monoisotopic (exact) mass is 324 g/mol. The van der Waals surface area contributed by atoms with Crippen molar-refractivity contribution in [2.75, 3.05) is 0 Å². The topological polar surface area (TPSA) is 43.4 Å². The van der Waals surface area contributed by atoms with Crippen LogP contribution in [0.25, 0.3) is 0 Å². The molecule has 0 N–H and O–H groups in total. The molecule has 0 aliphatic heterocycles. The standard InChI is InChI=1S/C19H18O3.C2H6/c1-13(20)22-16-8-9-17-15(11-19(21)18(17)12-16)10-14-6-4-2-3-5-7-14;1-2/h2,4-9,12,15H,3,10-11H2,1H3;1-2H3. The van der Waals surface area contributed by atoms with Crippen LogP contribution in [0.4, 0.5) is 0 Å². The lowest BCUT2D eigenvalue weighted by Crippen LogP contribution is -2.02. The number of benzene rings is 1. The summed E-state index contributed by atoms with van der Waals surface area (Å²) in [6, 6.07) is 5.37. The van der Waals surface area contributed by atoms with Gasteiger partial charge in [0.05, 0.1) is 0 Å². The zero-order valence-corrected chi connectivity index (χ0v) is 14.5. The van der Waals surface area contributed by atoms with Gasteiger partial charge in [-0.15, -0.1) is 0 Å². The van der Waals surface area contributed by atoms with Gasteiger partial charge in [-0.3, -0.25) is 9.59 Å². The quantitative estimate of drug-likeness (QED) is 0.571. The predicted molar refractivity (Wildman–Crippen MR) is 96.4 cm³/mol. The summed E-state index contributed by atoms with van der Waals surface area (Å²) < 4.78 is 5.07. The van der Waals surface area contributed by atoms with E-state index >= 15 is 0 Å². The maximum atomic E-state index is 12.2. The van der Waals surface area contributed by atoms with Crippen molar-refractivity contribution in [2.24, 2.45) is 0 Å². The summed E-state index contributed by atoms with van der Waals surface area (Å²) in [6.45, 7) is 5.36. The van der Waals surface area contributed by atoms with Crippen molar-refractivity contribution in [1.29, 1.82) is 0 Å². The van der Waals surface area contributed by atoms with Crippen LogP contribution < -0.4 is 4.74 Å². The predicted octanol–water partition coefficient (Wildman–Crippen LogP) is 5.14. The van der Waals surface area contributed by atoms with Gasteiger partial charge in [0.15, 0.2) is 5.78 Å². The molecule has 0 saturated carbocycles. The lowest BCUT2D eigenvalue weighted by atomic mass is 9.93. The van der Waals surface area contributed by atoms with Crippen LogP contribution in [0.15, 0.2) is 54.2 Å². The molecule has 0 heterocycles. The lowest BCUT2D eigenvalue weighted by molar-refractivity contribution is -0.131. The number of fused-ring (bicyclic) bond motifs is 1. The van der Waals surface area contributed by atoms with E-state index in [-0.39, 0.29) is 17.7 Å². The molecular weight excluding hydrogens is 300 g/mol. The Morgan fingerprint density at radius 3 is 2.79 bits per heavy atom. The summed E-state index contributed by atoms with van der Waals surface area (Å²) >= 11 is 0. The zero-order chi connectivity index (χ0) is 17.5. The third-order valence-electron chi connectivity index (χ3n) is 3.99. The van der Waals surface area contributed by atoms with Gasteiger partial charge in [0.1, 0.15) is 5.75 Å². The summed E-state index contributed by atoms with van der Waals surface area (Å²) in [7, 11) is 0. The number of ketones is 1. The smallest absolute Gasteiger partial charge is 0.308 e. The fraction of sp³-hybridized carbons (Fsp3) is 0.333. The first-order chi connectivity index (χ1) is 11.6. The molecule has 1 aromatic rings. The van der Waals surface area contributed by atoms with E-state index < -0.39 is 0 Å². The van der Waals surface area contributed by atoms with E-state index in [1.54, 1.807) is 12.1 Å². The Bertz CT molecular complexity index is 708. The molecule has 3 heteroatoms. The highest BCUT2D eigenvalue weighted by Crippen LogP contribution is 2.39. The van der Waals surface area contributed by atoms with Gasteiger partial charge in [0.25, 0.3) is 0 Å². The maximum Gasteiger partial charge on any atom is 0.308 e. The summed E-state index contributed by atoms with van der Waals surface area (Å²) in [5, 5.41) is 0. The molecule has 0 spiro atoms.